The third-order valence-corrected chi connectivity index (χ3v) is 16.3. The third kappa shape index (κ3) is 6.56. The fraction of sp³-hybridized carbons (Fsp3) is 0. The van der Waals surface area contributed by atoms with Crippen LogP contribution in [0.4, 0.5) is 0 Å². The normalized spacial score (nSPS) is 11.9. The Labute approximate surface area is 439 Å². The molecular formula is C69H41N5OS. The molecule has 5 aromatic heterocycles. The predicted molar refractivity (Wildman–Crippen MR) is 316 cm³/mol. The molecule has 0 aliphatic carbocycles. The van der Waals surface area contributed by atoms with E-state index in [1.54, 1.807) is 0 Å². The monoisotopic (exact) mass is 987 g/mol. The minimum Gasteiger partial charge on any atom is -0.454 e. The van der Waals surface area contributed by atoms with Crippen molar-refractivity contribution in [1.29, 1.82) is 0 Å². The van der Waals surface area contributed by atoms with E-state index in [0.29, 0.717) is 17.5 Å². The number of benzene rings is 11. The Balaban J connectivity index is 0.960. The van der Waals surface area contributed by atoms with Crippen molar-refractivity contribution < 1.29 is 4.42 Å². The van der Waals surface area contributed by atoms with Gasteiger partial charge in [0.15, 0.2) is 23.1 Å². The van der Waals surface area contributed by atoms with Gasteiger partial charge in [0.25, 0.3) is 0 Å². The van der Waals surface area contributed by atoms with Crippen molar-refractivity contribution >= 4 is 97.1 Å². The zero-order valence-electron chi connectivity index (χ0n) is 40.7. The molecule has 0 spiro atoms. The van der Waals surface area contributed by atoms with Crippen molar-refractivity contribution in [2.24, 2.45) is 0 Å². The molecule has 0 amide bonds. The first-order valence-corrected chi connectivity index (χ1v) is 26.4. The molecular weight excluding hydrogens is 947 g/mol. The van der Waals surface area contributed by atoms with Gasteiger partial charge in [0.1, 0.15) is 5.58 Å². The van der Waals surface area contributed by atoms with Gasteiger partial charge >= 0.3 is 0 Å². The molecule has 76 heavy (non-hydrogen) atoms. The minimum atomic E-state index is 0.566. The maximum Gasteiger partial charge on any atom is 0.164 e. The van der Waals surface area contributed by atoms with E-state index in [9.17, 15) is 0 Å². The van der Waals surface area contributed by atoms with Crippen molar-refractivity contribution in [3.8, 4) is 67.8 Å². The summed E-state index contributed by atoms with van der Waals surface area (Å²) in [5.74, 6) is 1.76. The highest BCUT2D eigenvalue weighted by Gasteiger charge is 2.26. The summed E-state index contributed by atoms with van der Waals surface area (Å²) in [6, 6.07) is 88.5. The van der Waals surface area contributed by atoms with E-state index in [4.69, 9.17) is 19.4 Å². The van der Waals surface area contributed by atoms with Crippen molar-refractivity contribution in [1.82, 2.24) is 24.1 Å². The van der Waals surface area contributed by atoms with Crippen LogP contribution in [-0.4, -0.2) is 24.1 Å². The van der Waals surface area contributed by atoms with Crippen LogP contribution in [0, 0.1) is 0 Å². The SMILES string of the molecule is c1ccc(-c2ccc(-c3nc(-c4ccccc4)nc(-c4ccc(-n5c6ccc(-c7ccc8sc9ccccc9c8c7)cc6c6c7c8ccccc8n(-c8ccccc8)c7ccc65)c5oc6ccccc6c45)n3)cc2)cc1. The summed E-state index contributed by atoms with van der Waals surface area (Å²) < 4.78 is 14.5. The predicted octanol–water partition coefficient (Wildman–Crippen LogP) is 18.7. The Hall–Kier alpha value is -9.95. The maximum atomic E-state index is 7.14. The molecule has 0 aliphatic rings. The number of furan rings is 1. The van der Waals surface area contributed by atoms with Gasteiger partial charge in [0.05, 0.1) is 27.8 Å². The molecule has 0 radical (unpaired) electrons. The molecule has 0 atom stereocenters. The smallest absolute Gasteiger partial charge is 0.164 e. The van der Waals surface area contributed by atoms with Gasteiger partial charge in [-0.05, 0) is 101 Å². The van der Waals surface area contributed by atoms with E-state index in [1.165, 1.54) is 41.9 Å². The second-order valence-corrected chi connectivity index (χ2v) is 20.6. The fourth-order valence-corrected chi connectivity index (χ4v) is 12.8. The molecule has 0 fully saturated rings. The van der Waals surface area contributed by atoms with Gasteiger partial charge in [-0.2, -0.15) is 0 Å². The Bertz CT molecular complexity index is 4980. The average molecular weight is 988 g/mol. The number of fused-ring (bicyclic) bond motifs is 13. The first-order valence-electron chi connectivity index (χ1n) is 25.6. The minimum absolute atomic E-state index is 0.566. The second kappa shape index (κ2) is 16.8. The van der Waals surface area contributed by atoms with Crippen LogP contribution < -0.4 is 0 Å². The van der Waals surface area contributed by atoms with Crippen LogP contribution >= 0.6 is 11.3 Å². The molecule has 0 saturated heterocycles. The van der Waals surface area contributed by atoms with Crippen LogP contribution in [0.25, 0.3) is 154 Å². The van der Waals surface area contributed by atoms with Gasteiger partial charge in [-0.25, -0.2) is 15.0 Å². The van der Waals surface area contributed by atoms with Gasteiger partial charge in [0, 0.05) is 74.9 Å². The van der Waals surface area contributed by atoms with Crippen molar-refractivity contribution in [2.75, 3.05) is 0 Å². The van der Waals surface area contributed by atoms with Gasteiger partial charge in [-0.3, -0.25) is 0 Å². The maximum absolute atomic E-state index is 7.14. The third-order valence-electron chi connectivity index (χ3n) is 15.2. The lowest BCUT2D eigenvalue weighted by molar-refractivity contribution is 0.666. The highest BCUT2D eigenvalue weighted by molar-refractivity contribution is 7.25. The van der Waals surface area contributed by atoms with Crippen LogP contribution in [0.5, 0.6) is 0 Å². The summed E-state index contributed by atoms with van der Waals surface area (Å²) in [5.41, 5.74) is 15.3. The molecule has 354 valence electrons. The number of nitrogens with zero attached hydrogens (tertiary/aromatic N) is 5. The molecule has 16 rings (SSSR count). The lowest BCUT2D eigenvalue weighted by Gasteiger charge is -2.13. The molecule has 0 saturated carbocycles. The molecule has 6 nitrogen and oxygen atoms in total. The number of rotatable bonds is 7. The van der Waals surface area contributed by atoms with Gasteiger partial charge in [-0.1, -0.05) is 170 Å². The second-order valence-electron chi connectivity index (χ2n) is 19.5. The first-order chi connectivity index (χ1) is 37.7. The summed E-state index contributed by atoms with van der Waals surface area (Å²) in [5, 5.41) is 9.24. The molecule has 0 unspecified atom stereocenters. The van der Waals surface area contributed by atoms with Crippen molar-refractivity contribution in [2.45, 2.75) is 0 Å². The summed E-state index contributed by atoms with van der Waals surface area (Å²) in [6.45, 7) is 0. The summed E-state index contributed by atoms with van der Waals surface area (Å²) in [4.78, 5) is 15.7. The average Bonchev–Trinajstić information content (AvgIpc) is 4.33. The largest absolute Gasteiger partial charge is 0.454 e. The van der Waals surface area contributed by atoms with Crippen LogP contribution in [0.1, 0.15) is 0 Å². The zero-order valence-corrected chi connectivity index (χ0v) is 41.5. The molecule has 11 aromatic carbocycles. The number of hydrogen-bond acceptors (Lipinski definition) is 5. The fourth-order valence-electron chi connectivity index (χ4n) is 11.7. The van der Waals surface area contributed by atoms with E-state index < -0.39 is 0 Å². The Kier molecular flexibility index (Phi) is 9.40. The standard InChI is InChI=1S/C69H41N5OS/c1-4-16-42(17-5-1)43-28-30-45(31-29-43)68-70-67(44-18-6-2-7-19-44)71-69(72-68)52-34-36-59(66-63(52)51-24-11-14-26-60(51)75-66)74-56-35-32-46(47-33-39-62-53(40-47)49-22-12-15-27-61(49)76-62)41-54(56)65-58(74)38-37-57-64(65)50-23-10-13-25-55(50)73(57)48-20-8-3-9-21-48/h1-41H. The van der Waals surface area contributed by atoms with Crippen LogP contribution in [0.3, 0.4) is 0 Å². The summed E-state index contributed by atoms with van der Waals surface area (Å²) in [6.07, 6.45) is 0. The van der Waals surface area contributed by atoms with Crippen LogP contribution in [-0.2, 0) is 0 Å². The number of aromatic nitrogens is 5. The van der Waals surface area contributed by atoms with Crippen molar-refractivity contribution in [3.05, 3.63) is 249 Å². The lowest BCUT2D eigenvalue weighted by atomic mass is 9.99. The van der Waals surface area contributed by atoms with Gasteiger partial charge < -0.3 is 13.6 Å². The number of hydrogen-bond donors (Lipinski definition) is 0. The molecule has 5 heterocycles. The quantitative estimate of drug-likeness (QED) is 0.160. The van der Waals surface area contributed by atoms with Crippen molar-refractivity contribution in [3.63, 3.8) is 0 Å². The topological polar surface area (TPSA) is 61.7 Å². The van der Waals surface area contributed by atoms with Gasteiger partial charge in [0.2, 0.25) is 0 Å². The van der Waals surface area contributed by atoms with E-state index >= 15 is 0 Å². The Morgan fingerprint density at radius 1 is 0.316 bits per heavy atom. The van der Waals surface area contributed by atoms with Crippen LogP contribution in [0.15, 0.2) is 253 Å². The highest BCUT2D eigenvalue weighted by atomic mass is 32.1. The Morgan fingerprint density at radius 2 is 0.829 bits per heavy atom. The van der Waals surface area contributed by atoms with Gasteiger partial charge in [-0.15, -0.1) is 11.3 Å². The molecule has 0 bridgehead atoms. The molecule has 0 aliphatic heterocycles. The number of thiophene rings is 1. The van der Waals surface area contributed by atoms with E-state index in [1.807, 2.05) is 41.7 Å². The first kappa shape index (κ1) is 42.5. The van der Waals surface area contributed by atoms with E-state index in [2.05, 4.69) is 228 Å². The summed E-state index contributed by atoms with van der Waals surface area (Å²) >= 11 is 1.85. The van der Waals surface area contributed by atoms with E-state index in [-0.39, 0.29) is 0 Å². The highest BCUT2D eigenvalue weighted by Crippen LogP contribution is 2.47. The lowest BCUT2D eigenvalue weighted by Crippen LogP contribution is -2.01. The summed E-state index contributed by atoms with van der Waals surface area (Å²) in [7, 11) is 0. The molecule has 16 aromatic rings. The molecule has 0 N–H and O–H groups in total. The Morgan fingerprint density at radius 3 is 1.61 bits per heavy atom. The van der Waals surface area contributed by atoms with Crippen LogP contribution in [0.2, 0.25) is 0 Å². The number of para-hydroxylation sites is 3. The molecule has 7 heteroatoms. The van der Waals surface area contributed by atoms with E-state index in [0.717, 1.165) is 94.1 Å². The zero-order chi connectivity index (χ0) is 49.8.